The highest BCUT2D eigenvalue weighted by Crippen LogP contribution is 2.23. The summed E-state index contributed by atoms with van der Waals surface area (Å²) in [6.45, 7) is 8.99. The second kappa shape index (κ2) is 9.38. The molecule has 1 heterocycles. The van der Waals surface area contributed by atoms with Crippen LogP contribution in [0.2, 0.25) is 0 Å². The zero-order valence-corrected chi connectivity index (χ0v) is 16.0. The summed E-state index contributed by atoms with van der Waals surface area (Å²) in [6.07, 6.45) is 3.69. The van der Waals surface area contributed by atoms with E-state index in [0.717, 1.165) is 43.9 Å². The summed E-state index contributed by atoms with van der Waals surface area (Å²) >= 11 is 0. The number of ether oxygens (including phenoxy) is 1. The number of carbonyl (C=O) groups excluding carboxylic acids is 1. The van der Waals surface area contributed by atoms with Crippen molar-refractivity contribution in [3.05, 3.63) is 72.3 Å². The number of likely N-dealkylation sites (tertiary alicyclic amines) is 1. The van der Waals surface area contributed by atoms with E-state index in [1.54, 1.807) is 6.08 Å². The van der Waals surface area contributed by atoms with Crippen molar-refractivity contribution in [2.75, 3.05) is 25.0 Å². The summed E-state index contributed by atoms with van der Waals surface area (Å²) in [6, 6.07) is 16.0. The number of piperidine rings is 1. The molecule has 1 N–H and O–H groups in total. The van der Waals surface area contributed by atoms with E-state index in [4.69, 9.17) is 4.74 Å². The smallest absolute Gasteiger partial charge is 0.228 e. The van der Waals surface area contributed by atoms with Crippen LogP contribution in [0.4, 0.5) is 5.69 Å². The molecule has 2 aromatic carbocycles. The van der Waals surface area contributed by atoms with Crippen LogP contribution in [-0.2, 0) is 11.3 Å². The van der Waals surface area contributed by atoms with E-state index in [1.165, 1.54) is 11.1 Å². The normalized spacial score (nSPS) is 17.3. The van der Waals surface area contributed by atoms with E-state index in [0.29, 0.717) is 6.61 Å². The topological polar surface area (TPSA) is 41.6 Å². The summed E-state index contributed by atoms with van der Waals surface area (Å²) in [7, 11) is 0. The van der Waals surface area contributed by atoms with Gasteiger partial charge in [-0.15, -0.1) is 0 Å². The number of rotatable bonds is 7. The van der Waals surface area contributed by atoms with Gasteiger partial charge >= 0.3 is 0 Å². The fraction of sp³-hybridized carbons (Fsp3) is 0.348. The largest absolute Gasteiger partial charge is 0.489 e. The van der Waals surface area contributed by atoms with Gasteiger partial charge in [0.2, 0.25) is 5.91 Å². The van der Waals surface area contributed by atoms with Crippen molar-refractivity contribution >= 4 is 11.6 Å². The van der Waals surface area contributed by atoms with Crippen LogP contribution in [-0.4, -0.2) is 30.5 Å². The molecule has 0 radical (unpaired) electrons. The Morgan fingerprint density at radius 1 is 1.30 bits per heavy atom. The molecule has 1 amide bonds. The molecule has 0 aromatic heterocycles. The summed E-state index contributed by atoms with van der Waals surface area (Å²) in [4.78, 5) is 15.2. The lowest BCUT2D eigenvalue weighted by Crippen LogP contribution is -2.40. The highest BCUT2D eigenvalue weighted by Gasteiger charge is 2.26. The third-order valence-electron chi connectivity index (χ3n) is 5.00. The van der Waals surface area contributed by atoms with Crippen molar-refractivity contribution in [1.82, 2.24) is 4.90 Å². The van der Waals surface area contributed by atoms with Gasteiger partial charge in [0.15, 0.2) is 0 Å². The van der Waals surface area contributed by atoms with Gasteiger partial charge in [0.05, 0.1) is 5.92 Å². The number of nitrogens with zero attached hydrogens (tertiary/aromatic N) is 1. The predicted molar refractivity (Wildman–Crippen MR) is 110 cm³/mol. The number of amides is 1. The molecule has 0 spiro atoms. The van der Waals surface area contributed by atoms with E-state index in [9.17, 15) is 4.79 Å². The lowest BCUT2D eigenvalue weighted by molar-refractivity contribution is -0.121. The van der Waals surface area contributed by atoms with Gasteiger partial charge in [-0.1, -0.05) is 43.0 Å². The molecule has 0 bridgehead atoms. The fourth-order valence-electron chi connectivity index (χ4n) is 3.50. The zero-order valence-electron chi connectivity index (χ0n) is 16.0. The Hall–Kier alpha value is -2.59. The third-order valence-corrected chi connectivity index (χ3v) is 5.00. The average Bonchev–Trinajstić information content (AvgIpc) is 2.69. The molecule has 2 aromatic rings. The number of carbonyl (C=O) groups is 1. The van der Waals surface area contributed by atoms with Crippen LogP contribution in [0.25, 0.3) is 0 Å². The second-order valence-corrected chi connectivity index (χ2v) is 7.12. The predicted octanol–water partition coefficient (Wildman–Crippen LogP) is 4.41. The van der Waals surface area contributed by atoms with Crippen molar-refractivity contribution in [3.8, 4) is 5.75 Å². The molecule has 1 saturated heterocycles. The second-order valence-electron chi connectivity index (χ2n) is 7.12. The van der Waals surface area contributed by atoms with E-state index in [-0.39, 0.29) is 11.8 Å². The van der Waals surface area contributed by atoms with Gasteiger partial charge in [0.1, 0.15) is 12.4 Å². The lowest BCUT2D eigenvalue weighted by Gasteiger charge is -2.32. The van der Waals surface area contributed by atoms with Crippen LogP contribution in [0.5, 0.6) is 5.75 Å². The summed E-state index contributed by atoms with van der Waals surface area (Å²) in [5, 5.41) is 3.05. The first-order valence-corrected chi connectivity index (χ1v) is 9.57. The average molecular weight is 364 g/mol. The molecule has 27 heavy (non-hydrogen) atoms. The zero-order chi connectivity index (χ0) is 19.1. The first-order chi connectivity index (χ1) is 13.2. The summed E-state index contributed by atoms with van der Waals surface area (Å²) < 4.78 is 5.54. The number of aryl methyl sites for hydroxylation is 1. The van der Waals surface area contributed by atoms with E-state index in [1.807, 2.05) is 24.3 Å². The minimum Gasteiger partial charge on any atom is -0.489 e. The Morgan fingerprint density at radius 3 is 2.96 bits per heavy atom. The maximum atomic E-state index is 12.8. The Balaban J connectivity index is 1.58. The van der Waals surface area contributed by atoms with Crippen LogP contribution >= 0.6 is 0 Å². The van der Waals surface area contributed by atoms with Gasteiger partial charge in [-0.05, 0) is 49.6 Å². The molecule has 4 heteroatoms. The van der Waals surface area contributed by atoms with E-state index in [2.05, 4.69) is 48.0 Å². The Labute approximate surface area is 161 Å². The molecule has 0 aliphatic carbocycles. The SMILES string of the molecule is C=CCOc1cccc(NC(=O)C2CCCN(Cc3ccccc3C)C2)c1. The number of hydrogen-bond acceptors (Lipinski definition) is 3. The van der Waals surface area contributed by atoms with Gasteiger partial charge in [-0.3, -0.25) is 9.69 Å². The molecule has 1 unspecified atom stereocenters. The quantitative estimate of drug-likeness (QED) is 0.740. The maximum Gasteiger partial charge on any atom is 0.228 e. The number of anilines is 1. The van der Waals surface area contributed by atoms with Crippen molar-refractivity contribution in [3.63, 3.8) is 0 Å². The van der Waals surface area contributed by atoms with Gasteiger partial charge in [0, 0.05) is 24.8 Å². The molecular weight excluding hydrogens is 336 g/mol. The van der Waals surface area contributed by atoms with Crippen LogP contribution < -0.4 is 10.1 Å². The number of benzene rings is 2. The minimum absolute atomic E-state index is 0.0144. The molecule has 1 fully saturated rings. The molecule has 142 valence electrons. The fourth-order valence-corrected chi connectivity index (χ4v) is 3.50. The summed E-state index contributed by atoms with van der Waals surface area (Å²) in [5.41, 5.74) is 3.42. The van der Waals surface area contributed by atoms with Gasteiger partial charge < -0.3 is 10.1 Å². The van der Waals surface area contributed by atoms with E-state index < -0.39 is 0 Å². The van der Waals surface area contributed by atoms with Crippen molar-refractivity contribution < 1.29 is 9.53 Å². The lowest BCUT2D eigenvalue weighted by atomic mass is 9.96. The van der Waals surface area contributed by atoms with E-state index >= 15 is 0 Å². The van der Waals surface area contributed by atoms with Gasteiger partial charge in [-0.25, -0.2) is 0 Å². The molecule has 1 atom stereocenters. The van der Waals surface area contributed by atoms with Crippen molar-refractivity contribution in [1.29, 1.82) is 0 Å². The minimum atomic E-state index is 0.0144. The first kappa shape index (κ1) is 19.2. The standard InChI is InChI=1S/C23H28N2O2/c1-3-14-27-22-12-6-11-21(15-22)24-23(26)20-10-7-13-25(17-20)16-19-9-5-4-8-18(19)2/h3-6,8-9,11-12,15,20H,1,7,10,13-14,16-17H2,2H3,(H,24,26). The third kappa shape index (κ3) is 5.44. The highest BCUT2D eigenvalue weighted by molar-refractivity contribution is 5.92. The molecule has 3 rings (SSSR count). The number of nitrogens with one attached hydrogen (secondary N) is 1. The summed E-state index contributed by atoms with van der Waals surface area (Å²) in [5.74, 6) is 0.836. The van der Waals surface area contributed by atoms with Crippen molar-refractivity contribution in [2.24, 2.45) is 5.92 Å². The van der Waals surface area contributed by atoms with Gasteiger partial charge in [-0.2, -0.15) is 0 Å². The number of hydrogen-bond donors (Lipinski definition) is 1. The van der Waals surface area contributed by atoms with Crippen LogP contribution in [0.3, 0.4) is 0 Å². The van der Waals surface area contributed by atoms with Crippen LogP contribution in [0.1, 0.15) is 24.0 Å². The highest BCUT2D eigenvalue weighted by atomic mass is 16.5. The maximum absolute atomic E-state index is 12.8. The Kier molecular flexibility index (Phi) is 6.66. The molecule has 4 nitrogen and oxygen atoms in total. The Morgan fingerprint density at radius 2 is 2.15 bits per heavy atom. The Bertz CT molecular complexity index is 787. The molecule has 0 saturated carbocycles. The van der Waals surface area contributed by atoms with Gasteiger partial charge in [0.25, 0.3) is 0 Å². The molecular formula is C23H28N2O2. The monoisotopic (exact) mass is 364 g/mol. The van der Waals surface area contributed by atoms with Crippen LogP contribution in [0.15, 0.2) is 61.2 Å². The van der Waals surface area contributed by atoms with Crippen molar-refractivity contribution in [2.45, 2.75) is 26.3 Å². The van der Waals surface area contributed by atoms with Crippen LogP contribution in [0, 0.1) is 12.8 Å². The first-order valence-electron chi connectivity index (χ1n) is 9.57. The molecule has 1 aliphatic rings. The molecule has 1 aliphatic heterocycles.